The van der Waals surface area contributed by atoms with E-state index in [0.29, 0.717) is 6.04 Å². The number of nitrogens with zero attached hydrogens (tertiary/aromatic N) is 2. The lowest BCUT2D eigenvalue weighted by atomic mass is 9.97. The predicted octanol–water partition coefficient (Wildman–Crippen LogP) is 1.21. The van der Waals surface area contributed by atoms with Crippen molar-refractivity contribution in [3.63, 3.8) is 0 Å². The van der Waals surface area contributed by atoms with E-state index in [-0.39, 0.29) is 0 Å². The Kier molecular flexibility index (Phi) is 1.70. The molecule has 3 nitrogen and oxygen atoms in total. The molecule has 0 aliphatic carbocycles. The first-order valence-corrected chi connectivity index (χ1v) is 4.87. The van der Waals surface area contributed by atoms with Gasteiger partial charge in [-0.2, -0.15) is 0 Å². The summed E-state index contributed by atoms with van der Waals surface area (Å²) >= 11 is 0. The lowest BCUT2D eigenvalue weighted by Crippen LogP contribution is -2.33. The van der Waals surface area contributed by atoms with E-state index >= 15 is 0 Å². The zero-order valence-corrected chi connectivity index (χ0v) is 7.77. The highest BCUT2D eigenvalue weighted by atomic mass is 14.9. The van der Waals surface area contributed by atoms with Crippen LogP contribution in [0.15, 0.2) is 45.7 Å². The number of hydrogen-bond acceptors (Lipinski definition) is 3. The van der Waals surface area contributed by atoms with Crippen molar-refractivity contribution in [2.75, 3.05) is 6.54 Å². The first kappa shape index (κ1) is 7.88. The van der Waals surface area contributed by atoms with Gasteiger partial charge in [-0.1, -0.05) is 12.2 Å². The van der Waals surface area contributed by atoms with E-state index in [1.54, 1.807) is 0 Å². The molecule has 0 aromatic rings. The molecule has 3 heterocycles. The Bertz CT molecular complexity index is 410. The van der Waals surface area contributed by atoms with E-state index in [2.05, 4.69) is 27.5 Å². The van der Waals surface area contributed by atoms with Crippen LogP contribution >= 0.6 is 0 Å². The molecule has 3 heteroatoms. The molecule has 0 fully saturated rings. The number of aliphatic imine (C=N–C) groups is 2. The Labute approximate surface area is 82.6 Å². The molecule has 0 saturated heterocycles. The van der Waals surface area contributed by atoms with Crippen LogP contribution in [0.4, 0.5) is 0 Å². The van der Waals surface area contributed by atoms with Gasteiger partial charge in [-0.15, -0.1) is 0 Å². The topological polar surface area (TPSA) is 36.8 Å². The Balaban J connectivity index is 1.88. The average Bonchev–Trinajstić information content (AvgIpc) is 2.79. The van der Waals surface area contributed by atoms with Crippen molar-refractivity contribution < 1.29 is 0 Å². The van der Waals surface area contributed by atoms with Gasteiger partial charge in [0, 0.05) is 23.5 Å². The third kappa shape index (κ3) is 1.09. The molecule has 3 aliphatic heterocycles. The minimum Gasteiger partial charge on any atom is -0.306 e. The molecule has 1 unspecified atom stereocenters. The smallest absolute Gasteiger partial charge is 0.0904 e. The quantitative estimate of drug-likeness (QED) is 0.612. The van der Waals surface area contributed by atoms with Crippen LogP contribution in [-0.2, 0) is 0 Å². The van der Waals surface area contributed by atoms with Crippen LogP contribution < -0.4 is 5.32 Å². The second-order valence-electron chi connectivity index (χ2n) is 3.57. The van der Waals surface area contributed by atoms with Crippen LogP contribution in [-0.4, -0.2) is 24.5 Å². The van der Waals surface area contributed by atoms with Gasteiger partial charge in [0.05, 0.1) is 18.0 Å². The van der Waals surface area contributed by atoms with Crippen LogP contribution in [0.3, 0.4) is 0 Å². The standard InChI is InChI=1S/C11H11N3/c1-2-4-13-10(3-1)9-6-14-11-7-12-5-8(9)11/h1,3,5-7,10,13H,2,4H2. The second kappa shape index (κ2) is 3.03. The van der Waals surface area contributed by atoms with Crippen molar-refractivity contribution in [2.45, 2.75) is 12.5 Å². The fourth-order valence-corrected chi connectivity index (χ4v) is 1.94. The molecule has 3 rings (SSSR count). The summed E-state index contributed by atoms with van der Waals surface area (Å²) in [5.41, 5.74) is 3.42. The van der Waals surface area contributed by atoms with Crippen LogP contribution in [0.25, 0.3) is 0 Å². The summed E-state index contributed by atoms with van der Waals surface area (Å²) in [4.78, 5) is 8.42. The van der Waals surface area contributed by atoms with E-state index < -0.39 is 0 Å². The Morgan fingerprint density at radius 3 is 3.21 bits per heavy atom. The molecule has 0 saturated carbocycles. The van der Waals surface area contributed by atoms with Crippen LogP contribution in [0.5, 0.6) is 0 Å². The van der Waals surface area contributed by atoms with Gasteiger partial charge in [-0.3, -0.25) is 9.98 Å². The molecule has 0 amide bonds. The SMILES string of the molecule is C1=CC(C2=CN=C3C=NC=C23)NCC1. The zero-order valence-electron chi connectivity index (χ0n) is 7.77. The summed E-state index contributed by atoms with van der Waals surface area (Å²) in [7, 11) is 0. The summed E-state index contributed by atoms with van der Waals surface area (Å²) in [6.45, 7) is 1.04. The van der Waals surface area contributed by atoms with Crippen molar-refractivity contribution in [3.05, 3.63) is 35.7 Å². The van der Waals surface area contributed by atoms with Crippen molar-refractivity contribution >= 4 is 11.9 Å². The molecule has 0 aromatic carbocycles. The summed E-state index contributed by atoms with van der Waals surface area (Å²) in [6, 6.07) is 0.318. The molecule has 0 aromatic heterocycles. The molecule has 3 aliphatic rings. The lowest BCUT2D eigenvalue weighted by molar-refractivity contribution is 0.636. The Hall–Kier alpha value is -1.48. The highest BCUT2D eigenvalue weighted by Crippen LogP contribution is 2.26. The second-order valence-corrected chi connectivity index (χ2v) is 3.57. The molecule has 1 atom stereocenters. The molecule has 0 radical (unpaired) electrons. The third-order valence-corrected chi connectivity index (χ3v) is 2.67. The van der Waals surface area contributed by atoms with E-state index in [9.17, 15) is 0 Å². The van der Waals surface area contributed by atoms with Gasteiger partial charge in [0.25, 0.3) is 0 Å². The normalized spacial score (nSPS) is 28.6. The maximum absolute atomic E-state index is 4.32. The van der Waals surface area contributed by atoms with Crippen LogP contribution in [0, 0.1) is 0 Å². The Morgan fingerprint density at radius 2 is 2.36 bits per heavy atom. The van der Waals surface area contributed by atoms with E-state index in [1.807, 2.05) is 18.6 Å². The fourth-order valence-electron chi connectivity index (χ4n) is 1.94. The lowest BCUT2D eigenvalue weighted by Gasteiger charge is -2.19. The Morgan fingerprint density at radius 1 is 1.36 bits per heavy atom. The molecule has 1 N–H and O–H groups in total. The van der Waals surface area contributed by atoms with Gasteiger partial charge in [0.2, 0.25) is 0 Å². The summed E-state index contributed by atoms with van der Waals surface area (Å²) in [6.07, 6.45) is 11.2. The maximum atomic E-state index is 4.32. The van der Waals surface area contributed by atoms with Crippen molar-refractivity contribution in [1.29, 1.82) is 0 Å². The number of rotatable bonds is 1. The predicted molar refractivity (Wildman–Crippen MR) is 57.6 cm³/mol. The average molecular weight is 185 g/mol. The van der Waals surface area contributed by atoms with Gasteiger partial charge < -0.3 is 5.32 Å². The molecule has 14 heavy (non-hydrogen) atoms. The number of hydrogen-bond donors (Lipinski definition) is 1. The van der Waals surface area contributed by atoms with E-state index in [4.69, 9.17) is 0 Å². The first-order chi connectivity index (χ1) is 6.95. The third-order valence-electron chi connectivity index (χ3n) is 2.67. The molecular formula is C11H11N3. The van der Waals surface area contributed by atoms with Gasteiger partial charge in [-0.05, 0) is 13.0 Å². The van der Waals surface area contributed by atoms with Gasteiger partial charge >= 0.3 is 0 Å². The highest BCUT2D eigenvalue weighted by Gasteiger charge is 2.24. The monoisotopic (exact) mass is 185 g/mol. The number of nitrogens with one attached hydrogen (secondary N) is 1. The number of fused-ring (bicyclic) bond motifs is 1. The summed E-state index contributed by atoms with van der Waals surface area (Å²) in [5.74, 6) is 0. The van der Waals surface area contributed by atoms with Gasteiger partial charge in [0.15, 0.2) is 0 Å². The minimum atomic E-state index is 0.318. The van der Waals surface area contributed by atoms with E-state index in [1.165, 1.54) is 11.1 Å². The van der Waals surface area contributed by atoms with Crippen molar-refractivity contribution in [3.8, 4) is 0 Å². The molecular weight excluding hydrogens is 174 g/mol. The zero-order chi connectivity index (χ0) is 9.38. The largest absolute Gasteiger partial charge is 0.306 e. The molecule has 0 spiro atoms. The van der Waals surface area contributed by atoms with Crippen LogP contribution in [0.2, 0.25) is 0 Å². The van der Waals surface area contributed by atoms with Gasteiger partial charge in [-0.25, -0.2) is 0 Å². The van der Waals surface area contributed by atoms with Crippen LogP contribution in [0.1, 0.15) is 6.42 Å². The van der Waals surface area contributed by atoms with Crippen molar-refractivity contribution in [1.82, 2.24) is 5.32 Å². The summed E-state index contributed by atoms with van der Waals surface area (Å²) in [5, 5.41) is 3.45. The summed E-state index contributed by atoms with van der Waals surface area (Å²) < 4.78 is 0. The molecule has 70 valence electrons. The van der Waals surface area contributed by atoms with Gasteiger partial charge in [0.1, 0.15) is 0 Å². The maximum Gasteiger partial charge on any atom is 0.0904 e. The fraction of sp³-hybridized carbons (Fsp3) is 0.273. The first-order valence-electron chi connectivity index (χ1n) is 4.87. The van der Waals surface area contributed by atoms with Crippen molar-refractivity contribution in [2.24, 2.45) is 9.98 Å². The minimum absolute atomic E-state index is 0.318. The highest BCUT2D eigenvalue weighted by molar-refractivity contribution is 6.42. The molecule has 0 bridgehead atoms. The van der Waals surface area contributed by atoms with E-state index in [0.717, 1.165) is 18.7 Å².